The fraction of sp³-hybridized carbons (Fsp3) is 0.857. The fourth-order valence-corrected chi connectivity index (χ4v) is 1.22. The van der Waals surface area contributed by atoms with Crippen molar-refractivity contribution in [2.45, 2.75) is 12.8 Å². The zero-order valence-electron chi connectivity index (χ0n) is 7.04. The predicted octanol–water partition coefficient (Wildman–Crippen LogP) is 1.00. The molecule has 1 N–H and O–H groups in total. The summed E-state index contributed by atoms with van der Waals surface area (Å²) < 4.78 is 4.61. The number of rotatable bonds is 1. The highest BCUT2D eigenvalue weighted by Gasteiger charge is 2.20. The monoisotopic (exact) mass is 215 g/mol. The van der Waals surface area contributed by atoms with Crippen molar-refractivity contribution in [3.05, 3.63) is 0 Å². The molecule has 74 valence electrons. The first-order valence-electron chi connectivity index (χ1n) is 3.63. The summed E-state index contributed by atoms with van der Waals surface area (Å²) in [5.74, 6) is 0.0194. The molecule has 0 aliphatic carbocycles. The Balaban J connectivity index is 0. The molecule has 0 aromatic rings. The summed E-state index contributed by atoms with van der Waals surface area (Å²) in [6.07, 6.45) is 2.05. The molecule has 3 nitrogen and oxygen atoms in total. The van der Waals surface area contributed by atoms with Crippen molar-refractivity contribution in [2.75, 3.05) is 20.2 Å². The molecule has 0 aromatic carbocycles. The van der Waals surface area contributed by atoms with Gasteiger partial charge in [-0.2, -0.15) is 0 Å². The highest BCUT2D eigenvalue weighted by Crippen LogP contribution is 2.10. The lowest BCUT2D eigenvalue weighted by atomic mass is 10.0. The lowest BCUT2D eigenvalue weighted by Crippen LogP contribution is -2.34. The van der Waals surface area contributed by atoms with Crippen LogP contribution >= 0.6 is 24.8 Å². The lowest BCUT2D eigenvalue weighted by molar-refractivity contribution is -0.145. The van der Waals surface area contributed by atoms with Crippen LogP contribution in [0.3, 0.4) is 0 Å². The predicted molar refractivity (Wildman–Crippen MR) is 52.1 cm³/mol. The van der Waals surface area contributed by atoms with Gasteiger partial charge in [-0.05, 0) is 19.4 Å². The van der Waals surface area contributed by atoms with E-state index in [9.17, 15) is 4.79 Å². The van der Waals surface area contributed by atoms with Crippen LogP contribution in [-0.4, -0.2) is 26.2 Å². The van der Waals surface area contributed by atoms with E-state index in [1.165, 1.54) is 7.11 Å². The van der Waals surface area contributed by atoms with Gasteiger partial charge in [0.2, 0.25) is 0 Å². The molecule has 1 saturated heterocycles. The molecule has 0 amide bonds. The second kappa shape index (κ2) is 7.65. The van der Waals surface area contributed by atoms with Crippen LogP contribution in [0.1, 0.15) is 12.8 Å². The standard InChI is InChI=1S/C7H13NO2.2ClH/c1-10-7(9)6-3-2-4-8-5-6;;/h6,8H,2-5H2,1H3;2*1H. The van der Waals surface area contributed by atoms with Gasteiger partial charge in [0.1, 0.15) is 0 Å². The van der Waals surface area contributed by atoms with Gasteiger partial charge in [-0.15, -0.1) is 24.8 Å². The topological polar surface area (TPSA) is 38.3 Å². The molecule has 1 aliphatic rings. The van der Waals surface area contributed by atoms with E-state index in [2.05, 4.69) is 10.1 Å². The number of hydrogen-bond donors (Lipinski definition) is 1. The Morgan fingerprint density at radius 2 is 2.17 bits per heavy atom. The van der Waals surface area contributed by atoms with Crippen molar-refractivity contribution >= 4 is 30.8 Å². The number of hydrogen-bond acceptors (Lipinski definition) is 3. The molecule has 1 fully saturated rings. The summed E-state index contributed by atoms with van der Waals surface area (Å²) >= 11 is 0. The molecule has 0 bridgehead atoms. The highest BCUT2D eigenvalue weighted by atomic mass is 35.5. The summed E-state index contributed by atoms with van der Waals surface area (Å²) in [7, 11) is 1.44. The Labute approximate surface area is 85.1 Å². The van der Waals surface area contributed by atoms with Gasteiger partial charge in [0.15, 0.2) is 0 Å². The van der Waals surface area contributed by atoms with Crippen LogP contribution in [0, 0.1) is 5.92 Å². The molecule has 1 unspecified atom stereocenters. The van der Waals surface area contributed by atoms with Gasteiger partial charge in [0.25, 0.3) is 0 Å². The average Bonchev–Trinajstić information content (AvgIpc) is 2.05. The molecule has 1 atom stereocenters. The van der Waals surface area contributed by atoms with E-state index < -0.39 is 0 Å². The van der Waals surface area contributed by atoms with Crippen LogP contribution in [0.5, 0.6) is 0 Å². The molecule has 0 aromatic heterocycles. The minimum Gasteiger partial charge on any atom is -0.469 e. The van der Waals surface area contributed by atoms with Crippen molar-refractivity contribution in [3.63, 3.8) is 0 Å². The van der Waals surface area contributed by atoms with Crippen LogP contribution in [0.15, 0.2) is 0 Å². The van der Waals surface area contributed by atoms with E-state index in [4.69, 9.17) is 0 Å². The molecule has 0 saturated carbocycles. The third-order valence-electron chi connectivity index (χ3n) is 1.83. The van der Waals surface area contributed by atoms with Crippen LogP contribution < -0.4 is 5.32 Å². The summed E-state index contributed by atoms with van der Waals surface area (Å²) in [6.45, 7) is 1.82. The summed E-state index contributed by atoms with van der Waals surface area (Å²) in [5.41, 5.74) is 0. The third kappa shape index (κ3) is 4.14. The summed E-state index contributed by atoms with van der Waals surface area (Å²) in [6, 6.07) is 0. The van der Waals surface area contributed by atoms with Gasteiger partial charge in [-0.1, -0.05) is 0 Å². The molecule has 1 rings (SSSR count). The second-order valence-electron chi connectivity index (χ2n) is 2.57. The van der Waals surface area contributed by atoms with Gasteiger partial charge >= 0.3 is 5.97 Å². The molecule has 0 spiro atoms. The molecule has 1 aliphatic heterocycles. The maximum atomic E-state index is 10.9. The maximum absolute atomic E-state index is 10.9. The molecule has 5 heteroatoms. The minimum absolute atomic E-state index is 0. The largest absolute Gasteiger partial charge is 0.469 e. The van der Waals surface area contributed by atoms with Crippen LogP contribution in [0.2, 0.25) is 0 Å². The molecular formula is C7H15Cl2NO2. The number of halogens is 2. The highest BCUT2D eigenvalue weighted by molar-refractivity contribution is 5.85. The van der Waals surface area contributed by atoms with Gasteiger partial charge in [0.05, 0.1) is 13.0 Å². The lowest BCUT2D eigenvalue weighted by Gasteiger charge is -2.19. The van der Waals surface area contributed by atoms with Gasteiger partial charge < -0.3 is 10.1 Å². The zero-order chi connectivity index (χ0) is 7.40. The smallest absolute Gasteiger partial charge is 0.309 e. The normalized spacial score (nSPS) is 21.6. The van der Waals surface area contributed by atoms with E-state index in [0.717, 1.165) is 25.9 Å². The van der Waals surface area contributed by atoms with Gasteiger partial charge in [0, 0.05) is 6.54 Å². The number of nitrogens with one attached hydrogen (secondary N) is 1. The molecule has 0 radical (unpaired) electrons. The van der Waals surface area contributed by atoms with Crippen LogP contribution in [-0.2, 0) is 9.53 Å². The van der Waals surface area contributed by atoms with Crippen LogP contribution in [0.25, 0.3) is 0 Å². The summed E-state index contributed by atoms with van der Waals surface area (Å²) in [4.78, 5) is 10.9. The SMILES string of the molecule is COC(=O)C1CCCNC1.Cl.Cl. The quantitative estimate of drug-likeness (QED) is 0.664. The average molecular weight is 216 g/mol. The molecular weight excluding hydrogens is 201 g/mol. The van der Waals surface area contributed by atoms with Crippen molar-refractivity contribution < 1.29 is 9.53 Å². The van der Waals surface area contributed by atoms with E-state index in [-0.39, 0.29) is 36.7 Å². The van der Waals surface area contributed by atoms with E-state index in [1.54, 1.807) is 0 Å². The van der Waals surface area contributed by atoms with Crippen molar-refractivity contribution in [1.82, 2.24) is 5.32 Å². The molecule has 1 heterocycles. The number of methoxy groups -OCH3 is 1. The van der Waals surface area contributed by atoms with Gasteiger partial charge in [-0.25, -0.2) is 0 Å². The number of ether oxygens (including phenoxy) is 1. The Kier molecular flexibility index (Phi) is 9.26. The number of carbonyl (C=O) groups is 1. The van der Waals surface area contributed by atoms with E-state index >= 15 is 0 Å². The van der Waals surface area contributed by atoms with E-state index in [1.807, 2.05) is 0 Å². The van der Waals surface area contributed by atoms with Crippen molar-refractivity contribution in [3.8, 4) is 0 Å². The number of piperidine rings is 1. The second-order valence-corrected chi connectivity index (χ2v) is 2.57. The Morgan fingerprint density at radius 3 is 2.58 bits per heavy atom. The Bertz CT molecular complexity index is 127. The Hall–Kier alpha value is 0.01000. The minimum atomic E-state index is -0.0767. The fourth-order valence-electron chi connectivity index (χ4n) is 1.22. The zero-order valence-corrected chi connectivity index (χ0v) is 8.67. The van der Waals surface area contributed by atoms with Crippen molar-refractivity contribution in [2.24, 2.45) is 5.92 Å². The Morgan fingerprint density at radius 1 is 1.50 bits per heavy atom. The van der Waals surface area contributed by atoms with Crippen LogP contribution in [0.4, 0.5) is 0 Å². The number of carbonyl (C=O) groups excluding carboxylic acids is 1. The third-order valence-corrected chi connectivity index (χ3v) is 1.83. The first kappa shape index (κ1) is 14.5. The van der Waals surface area contributed by atoms with Gasteiger partial charge in [-0.3, -0.25) is 4.79 Å². The number of esters is 1. The first-order valence-corrected chi connectivity index (χ1v) is 3.63. The van der Waals surface area contributed by atoms with E-state index in [0.29, 0.717) is 0 Å². The first-order chi connectivity index (χ1) is 4.84. The molecule has 12 heavy (non-hydrogen) atoms. The van der Waals surface area contributed by atoms with Crippen molar-refractivity contribution in [1.29, 1.82) is 0 Å². The summed E-state index contributed by atoms with van der Waals surface area (Å²) in [5, 5.41) is 3.15. The maximum Gasteiger partial charge on any atom is 0.309 e.